The van der Waals surface area contributed by atoms with Gasteiger partial charge in [0, 0.05) is 28.4 Å². The van der Waals surface area contributed by atoms with Gasteiger partial charge in [0.05, 0.1) is 18.5 Å². The maximum Gasteiger partial charge on any atom is 0.310 e. The first-order valence-corrected chi connectivity index (χ1v) is 7.79. The van der Waals surface area contributed by atoms with Crippen LogP contribution in [0.1, 0.15) is 5.56 Å². The SMILES string of the molecule is COc1ccc(Cl)cc1CC(=O)OCC(=O)Nc1cccc([N+](=O)[O-])c1. The molecule has 0 fully saturated rings. The van der Waals surface area contributed by atoms with Crippen LogP contribution in [-0.2, 0) is 20.7 Å². The van der Waals surface area contributed by atoms with Crippen molar-refractivity contribution in [3.8, 4) is 5.75 Å². The summed E-state index contributed by atoms with van der Waals surface area (Å²) in [4.78, 5) is 33.9. The summed E-state index contributed by atoms with van der Waals surface area (Å²) in [6, 6.07) is 10.3. The Morgan fingerprint density at radius 1 is 1.23 bits per heavy atom. The molecule has 2 aromatic rings. The topological polar surface area (TPSA) is 108 Å². The molecule has 1 N–H and O–H groups in total. The number of nitro benzene ring substituents is 1. The fraction of sp³-hybridized carbons (Fsp3) is 0.176. The first-order valence-electron chi connectivity index (χ1n) is 7.41. The highest BCUT2D eigenvalue weighted by molar-refractivity contribution is 6.30. The van der Waals surface area contributed by atoms with Crippen molar-refractivity contribution in [1.29, 1.82) is 0 Å². The number of ether oxygens (including phenoxy) is 2. The fourth-order valence-electron chi connectivity index (χ4n) is 2.13. The van der Waals surface area contributed by atoms with Crippen molar-refractivity contribution >= 4 is 34.9 Å². The third kappa shape index (κ3) is 5.45. The second-order valence-corrected chi connectivity index (χ2v) is 5.59. The summed E-state index contributed by atoms with van der Waals surface area (Å²) in [6.45, 7) is -0.523. The Morgan fingerprint density at radius 2 is 2.00 bits per heavy atom. The lowest BCUT2D eigenvalue weighted by Gasteiger charge is -2.09. The molecule has 0 heterocycles. The largest absolute Gasteiger partial charge is 0.496 e. The molecule has 0 aliphatic heterocycles. The number of amides is 1. The number of methoxy groups -OCH3 is 1. The van der Waals surface area contributed by atoms with Crippen molar-refractivity contribution in [2.24, 2.45) is 0 Å². The predicted molar refractivity (Wildman–Crippen MR) is 94.4 cm³/mol. The number of esters is 1. The van der Waals surface area contributed by atoms with Gasteiger partial charge in [0.25, 0.3) is 11.6 Å². The van der Waals surface area contributed by atoms with Crippen LogP contribution in [0.5, 0.6) is 5.75 Å². The van der Waals surface area contributed by atoms with Gasteiger partial charge in [-0.2, -0.15) is 0 Å². The zero-order chi connectivity index (χ0) is 19.1. The first-order chi connectivity index (χ1) is 12.4. The number of carbonyl (C=O) groups excluding carboxylic acids is 2. The van der Waals surface area contributed by atoms with E-state index >= 15 is 0 Å². The van der Waals surface area contributed by atoms with E-state index in [1.807, 2.05) is 0 Å². The Labute approximate surface area is 153 Å². The van der Waals surface area contributed by atoms with Crippen LogP contribution in [-0.4, -0.2) is 30.5 Å². The third-order valence-corrected chi connectivity index (χ3v) is 3.52. The molecule has 8 nitrogen and oxygen atoms in total. The highest BCUT2D eigenvalue weighted by Crippen LogP contribution is 2.23. The van der Waals surface area contributed by atoms with Crippen molar-refractivity contribution < 1.29 is 24.0 Å². The lowest BCUT2D eigenvalue weighted by molar-refractivity contribution is -0.384. The molecule has 0 spiro atoms. The van der Waals surface area contributed by atoms with Gasteiger partial charge >= 0.3 is 5.97 Å². The van der Waals surface area contributed by atoms with Gasteiger partial charge in [-0.1, -0.05) is 17.7 Å². The molecule has 0 aliphatic rings. The molecular weight excluding hydrogens is 364 g/mol. The van der Waals surface area contributed by atoms with Crippen LogP contribution in [0.4, 0.5) is 11.4 Å². The summed E-state index contributed by atoms with van der Waals surface area (Å²) in [5, 5.41) is 13.6. The Bertz CT molecular complexity index is 840. The molecule has 0 bridgehead atoms. The summed E-state index contributed by atoms with van der Waals surface area (Å²) in [5.74, 6) is -0.774. The van der Waals surface area contributed by atoms with E-state index in [1.54, 1.807) is 18.2 Å². The summed E-state index contributed by atoms with van der Waals surface area (Å²) in [6.07, 6.45) is -0.117. The van der Waals surface area contributed by atoms with Gasteiger partial charge in [0.2, 0.25) is 0 Å². The quantitative estimate of drug-likeness (QED) is 0.451. The zero-order valence-electron chi connectivity index (χ0n) is 13.7. The van der Waals surface area contributed by atoms with Crippen LogP contribution in [0.2, 0.25) is 5.02 Å². The lowest BCUT2D eigenvalue weighted by atomic mass is 10.1. The number of hydrogen-bond donors (Lipinski definition) is 1. The van der Waals surface area contributed by atoms with Crippen molar-refractivity contribution in [3.05, 3.63) is 63.2 Å². The van der Waals surface area contributed by atoms with Crippen molar-refractivity contribution in [2.75, 3.05) is 19.0 Å². The molecule has 0 saturated heterocycles. The molecule has 0 aromatic heterocycles. The van der Waals surface area contributed by atoms with Gasteiger partial charge in [-0.25, -0.2) is 0 Å². The van der Waals surface area contributed by atoms with Crippen molar-refractivity contribution in [1.82, 2.24) is 0 Å². The van der Waals surface area contributed by atoms with Gasteiger partial charge in [-0.3, -0.25) is 19.7 Å². The number of non-ortho nitro benzene ring substituents is 1. The molecule has 1 amide bonds. The summed E-state index contributed by atoms with van der Waals surface area (Å²) in [7, 11) is 1.46. The molecule has 136 valence electrons. The minimum atomic E-state index is -0.639. The molecule has 2 rings (SSSR count). The highest BCUT2D eigenvalue weighted by atomic mass is 35.5. The van der Waals surface area contributed by atoms with E-state index < -0.39 is 23.4 Å². The number of rotatable bonds is 7. The second-order valence-electron chi connectivity index (χ2n) is 5.15. The lowest BCUT2D eigenvalue weighted by Crippen LogP contribution is -2.21. The molecule has 0 atom stereocenters. The standard InChI is InChI=1S/C17H15ClN2O6/c1-25-15-6-5-12(18)7-11(15)8-17(22)26-10-16(21)19-13-3-2-4-14(9-13)20(23)24/h2-7,9H,8,10H2,1H3,(H,19,21). The number of anilines is 1. The average Bonchev–Trinajstić information content (AvgIpc) is 2.60. The zero-order valence-corrected chi connectivity index (χ0v) is 14.5. The minimum Gasteiger partial charge on any atom is -0.496 e. The third-order valence-electron chi connectivity index (χ3n) is 3.28. The van der Waals surface area contributed by atoms with Crippen LogP contribution in [0.3, 0.4) is 0 Å². The number of carbonyl (C=O) groups is 2. The van der Waals surface area contributed by atoms with Gasteiger partial charge in [-0.05, 0) is 24.3 Å². The minimum absolute atomic E-state index is 0.117. The van der Waals surface area contributed by atoms with E-state index in [9.17, 15) is 19.7 Å². The normalized spacial score (nSPS) is 10.1. The Hall–Kier alpha value is -3.13. The van der Waals surface area contributed by atoms with Crippen LogP contribution in [0, 0.1) is 10.1 Å². The smallest absolute Gasteiger partial charge is 0.310 e. The number of nitrogens with one attached hydrogen (secondary N) is 1. The van der Waals surface area contributed by atoms with E-state index in [1.165, 1.54) is 31.4 Å². The summed E-state index contributed by atoms with van der Waals surface area (Å²) >= 11 is 5.89. The molecule has 2 aromatic carbocycles. The second kappa shape index (κ2) is 8.82. The summed E-state index contributed by atoms with van der Waals surface area (Å²) in [5.41, 5.74) is 0.605. The molecule has 0 unspecified atom stereocenters. The molecule has 9 heteroatoms. The van der Waals surface area contributed by atoms with E-state index in [4.69, 9.17) is 21.1 Å². The van der Waals surface area contributed by atoms with Gasteiger partial charge < -0.3 is 14.8 Å². The molecule has 0 aliphatic carbocycles. The Kier molecular flexibility index (Phi) is 6.51. The number of nitro groups is 1. The van der Waals surface area contributed by atoms with Crippen LogP contribution < -0.4 is 10.1 Å². The average molecular weight is 379 g/mol. The molecule has 26 heavy (non-hydrogen) atoms. The molecule has 0 radical (unpaired) electrons. The number of benzene rings is 2. The van der Waals surface area contributed by atoms with Crippen LogP contribution in [0.25, 0.3) is 0 Å². The maximum atomic E-state index is 11.9. The van der Waals surface area contributed by atoms with E-state index in [2.05, 4.69) is 5.32 Å². The van der Waals surface area contributed by atoms with Gasteiger partial charge in [-0.15, -0.1) is 0 Å². The maximum absolute atomic E-state index is 11.9. The Balaban J connectivity index is 1.89. The first kappa shape index (κ1) is 19.2. The van der Waals surface area contributed by atoms with E-state index in [0.29, 0.717) is 16.3 Å². The van der Waals surface area contributed by atoms with Crippen LogP contribution in [0.15, 0.2) is 42.5 Å². The van der Waals surface area contributed by atoms with Gasteiger partial charge in [0.15, 0.2) is 6.61 Å². The summed E-state index contributed by atoms with van der Waals surface area (Å²) < 4.78 is 10.0. The monoisotopic (exact) mass is 378 g/mol. The number of hydrogen-bond acceptors (Lipinski definition) is 6. The molecular formula is C17H15ClN2O6. The van der Waals surface area contributed by atoms with Crippen molar-refractivity contribution in [2.45, 2.75) is 6.42 Å². The fourth-order valence-corrected chi connectivity index (χ4v) is 2.33. The number of halogens is 1. The Morgan fingerprint density at radius 3 is 2.69 bits per heavy atom. The van der Waals surface area contributed by atoms with Crippen molar-refractivity contribution in [3.63, 3.8) is 0 Å². The van der Waals surface area contributed by atoms with E-state index in [-0.39, 0.29) is 17.8 Å². The van der Waals surface area contributed by atoms with Crippen LogP contribution >= 0.6 is 11.6 Å². The van der Waals surface area contributed by atoms with Gasteiger partial charge in [0.1, 0.15) is 5.75 Å². The highest BCUT2D eigenvalue weighted by Gasteiger charge is 2.13. The number of nitrogens with zero attached hydrogens (tertiary/aromatic N) is 1. The van der Waals surface area contributed by atoms with E-state index in [0.717, 1.165) is 0 Å². The predicted octanol–water partition coefficient (Wildman–Crippen LogP) is 2.98. The molecule has 0 saturated carbocycles.